The highest BCUT2D eigenvalue weighted by molar-refractivity contribution is 5.24. The first-order valence-corrected chi connectivity index (χ1v) is 3.72. The van der Waals surface area contributed by atoms with E-state index in [1.165, 1.54) is 5.57 Å². The summed E-state index contributed by atoms with van der Waals surface area (Å²) in [5, 5.41) is 0. The van der Waals surface area contributed by atoms with Gasteiger partial charge in [0.1, 0.15) is 0 Å². The quantitative estimate of drug-likeness (QED) is 0.586. The molecule has 0 aromatic carbocycles. The van der Waals surface area contributed by atoms with Crippen LogP contribution >= 0.6 is 0 Å². The summed E-state index contributed by atoms with van der Waals surface area (Å²) in [4.78, 5) is 0. The Labute approximate surface area is 62.6 Å². The zero-order valence-electron chi connectivity index (χ0n) is 6.72. The number of hydrogen-bond donors (Lipinski definition) is 1. The van der Waals surface area contributed by atoms with E-state index in [-0.39, 0.29) is 5.41 Å². The van der Waals surface area contributed by atoms with Crippen LogP contribution in [0.4, 0.5) is 0 Å². The molecule has 0 bridgehead atoms. The van der Waals surface area contributed by atoms with Crippen molar-refractivity contribution in [3.63, 3.8) is 0 Å². The Morgan fingerprint density at radius 2 is 2.40 bits per heavy atom. The Morgan fingerprint density at radius 3 is 2.80 bits per heavy atom. The lowest BCUT2D eigenvalue weighted by Crippen LogP contribution is -2.25. The van der Waals surface area contributed by atoms with Crippen molar-refractivity contribution in [3.8, 4) is 0 Å². The Morgan fingerprint density at radius 1 is 1.70 bits per heavy atom. The summed E-state index contributed by atoms with van der Waals surface area (Å²) in [5.74, 6) is 0. The average molecular weight is 137 g/mol. The predicted molar refractivity (Wildman–Crippen MR) is 44.7 cm³/mol. The van der Waals surface area contributed by atoms with Crippen molar-refractivity contribution in [1.82, 2.24) is 0 Å². The van der Waals surface area contributed by atoms with E-state index in [0.29, 0.717) is 0 Å². The van der Waals surface area contributed by atoms with E-state index >= 15 is 0 Å². The second kappa shape index (κ2) is 2.59. The molecule has 0 saturated carbocycles. The molecule has 0 radical (unpaired) electrons. The van der Waals surface area contributed by atoms with E-state index in [0.717, 1.165) is 13.0 Å². The monoisotopic (exact) mass is 137 g/mol. The molecule has 0 aromatic heterocycles. The van der Waals surface area contributed by atoms with Gasteiger partial charge in [-0.2, -0.15) is 0 Å². The first-order valence-electron chi connectivity index (χ1n) is 3.72. The lowest BCUT2D eigenvalue weighted by atomic mass is 9.82. The van der Waals surface area contributed by atoms with Crippen molar-refractivity contribution in [1.29, 1.82) is 0 Å². The third-order valence-corrected chi connectivity index (χ3v) is 2.01. The summed E-state index contributed by atoms with van der Waals surface area (Å²) in [6, 6.07) is 0. The van der Waals surface area contributed by atoms with E-state index < -0.39 is 0 Å². The van der Waals surface area contributed by atoms with E-state index in [2.05, 4.69) is 32.1 Å². The Hall–Kier alpha value is -0.560. The molecule has 1 unspecified atom stereocenters. The van der Waals surface area contributed by atoms with Gasteiger partial charge < -0.3 is 5.73 Å². The number of nitrogens with two attached hydrogens (primary N) is 1. The summed E-state index contributed by atoms with van der Waals surface area (Å²) in [6.07, 6.45) is 7.69. The van der Waals surface area contributed by atoms with Gasteiger partial charge >= 0.3 is 0 Å². The van der Waals surface area contributed by atoms with Gasteiger partial charge in [-0.05, 0) is 13.3 Å². The van der Waals surface area contributed by atoms with Gasteiger partial charge in [0.2, 0.25) is 0 Å². The van der Waals surface area contributed by atoms with Crippen LogP contribution in [0.5, 0.6) is 0 Å². The lowest BCUT2D eigenvalue weighted by Gasteiger charge is -2.25. The molecular weight excluding hydrogens is 122 g/mol. The van der Waals surface area contributed by atoms with Crippen molar-refractivity contribution in [3.05, 3.63) is 23.8 Å². The molecule has 1 aliphatic carbocycles. The maximum Gasteiger partial charge on any atom is 0.00163 e. The van der Waals surface area contributed by atoms with Gasteiger partial charge in [-0.3, -0.25) is 0 Å². The van der Waals surface area contributed by atoms with Crippen LogP contribution in [0.25, 0.3) is 0 Å². The van der Waals surface area contributed by atoms with Gasteiger partial charge in [-0.25, -0.2) is 0 Å². The molecule has 1 rings (SSSR count). The highest BCUT2D eigenvalue weighted by Gasteiger charge is 2.19. The molecule has 0 spiro atoms. The Kier molecular flexibility index (Phi) is 1.95. The molecule has 56 valence electrons. The minimum atomic E-state index is 0.221. The average Bonchev–Trinajstić information content (AvgIpc) is 1.88. The van der Waals surface area contributed by atoms with Gasteiger partial charge in [-0.15, -0.1) is 0 Å². The van der Waals surface area contributed by atoms with Gasteiger partial charge in [0.25, 0.3) is 0 Å². The first-order chi connectivity index (χ1) is 4.66. The van der Waals surface area contributed by atoms with Gasteiger partial charge in [-0.1, -0.05) is 30.7 Å². The SMILES string of the molecule is CC1=CC(C)(CN)CC=C1. The van der Waals surface area contributed by atoms with Crippen LogP contribution in [0.2, 0.25) is 0 Å². The molecule has 0 aromatic rings. The molecule has 0 fully saturated rings. The topological polar surface area (TPSA) is 26.0 Å². The van der Waals surface area contributed by atoms with Crippen molar-refractivity contribution in [2.45, 2.75) is 20.3 Å². The van der Waals surface area contributed by atoms with Crippen LogP contribution in [-0.4, -0.2) is 6.54 Å². The zero-order chi connectivity index (χ0) is 7.61. The minimum absolute atomic E-state index is 0.221. The second-order valence-electron chi connectivity index (χ2n) is 3.35. The minimum Gasteiger partial charge on any atom is -0.330 e. The molecular formula is C9H15N. The van der Waals surface area contributed by atoms with Gasteiger partial charge in [0.15, 0.2) is 0 Å². The fraction of sp³-hybridized carbons (Fsp3) is 0.556. The summed E-state index contributed by atoms with van der Waals surface area (Å²) < 4.78 is 0. The Bertz CT molecular complexity index is 179. The van der Waals surface area contributed by atoms with Crippen LogP contribution in [0, 0.1) is 5.41 Å². The van der Waals surface area contributed by atoms with Crippen molar-refractivity contribution < 1.29 is 0 Å². The summed E-state index contributed by atoms with van der Waals surface area (Å²) in [6.45, 7) is 5.05. The smallest absolute Gasteiger partial charge is 0.00163 e. The third kappa shape index (κ3) is 1.48. The van der Waals surface area contributed by atoms with Crippen molar-refractivity contribution in [2.75, 3.05) is 6.54 Å². The largest absolute Gasteiger partial charge is 0.330 e. The molecule has 1 aliphatic rings. The normalized spacial score (nSPS) is 32.1. The molecule has 0 amide bonds. The summed E-state index contributed by atoms with van der Waals surface area (Å²) in [7, 11) is 0. The van der Waals surface area contributed by atoms with Crippen molar-refractivity contribution in [2.24, 2.45) is 11.1 Å². The molecule has 1 heteroatoms. The van der Waals surface area contributed by atoms with Gasteiger partial charge in [0.05, 0.1) is 0 Å². The van der Waals surface area contributed by atoms with Crippen LogP contribution in [0.1, 0.15) is 20.3 Å². The van der Waals surface area contributed by atoms with Crippen LogP contribution in [0.15, 0.2) is 23.8 Å². The molecule has 0 heterocycles. The fourth-order valence-corrected chi connectivity index (χ4v) is 1.31. The van der Waals surface area contributed by atoms with E-state index in [1.807, 2.05) is 0 Å². The van der Waals surface area contributed by atoms with Crippen LogP contribution < -0.4 is 5.73 Å². The second-order valence-corrected chi connectivity index (χ2v) is 3.35. The lowest BCUT2D eigenvalue weighted by molar-refractivity contribution is 0.440. The molecule has 0 saturated heterocycles. The maximum atomic E-state index is 5.62. The molecule has 2 N–H and O–H groups in total. The van der Waals surface area contributed by atoms with E-state index in [9.17, 15) is 0 Å². The molecule has 0 aliphatic heterocycles. The van der Waals surface area contributed by atoms with Gasteiger partial charge in [0, 0.05) is 12.0 Å². The Balaban J connectivity index is 2.76. The molecule has 1 nitrogen and oxygen atoms in total. The van der Waals surface area contributed by atoms with Crippen LogP contribution in [0.3, 0.4) is 0 Å². The number of rotatable bonds is 1. The fourth-order valence-electron chi connectivity index (χ4n) is 1.31. The standard InChI is InChI=1S/C9H15N/c1-8-4-3-5-9(2,6-8)7-10/h3-4,6H,5,7,10H2,1-2H3. The number of allylic oxidation sites excluding steroid dienone is 3. The first kappa shape index (κ1) is 7.55. The van der Waals surface area contributed by atoms with Crippen LogP contribution in [-0.2, 0) is 0 Å². The third-order valence-electron chi connectivity index (χ3n) is 2.01. The highest BCUT2D eigenvalue weighted by Crippen LogP contribution is 2.27. The number of hydrogen-bond acceptors (Lipinski definition) is 1. The zero-order valence-corrected chi connectivity index (χ0v) is 6.72. The molecule has 1 atom stereocenters. The maximum absolute atomic E-state index is 5.62. The summed E-state index contributed by atoms with van der Waals surface area (Å²) in [5.41, 5.74) is 7.17. The molecule has 10 heavy (non-hydrogen) atoms. The predicted octanol–water partition coefficient (Wildman–Crippen LogP) is 1.86. The highest BCUT2D eigenvalue weighted by atomic mass is 14.6. The van der Waals surface area contributed by atoms with E-state index in [1.54, 1.807) is 0 Å². The van der Waals surface area contributed by atoms with Crippen molar-refractivity contribution >= 4 is 0 Å². The summed E-state index contributed by atoms with van der Waals surface area (Å²) >= 11 is 0. The van der Waals surface area contributed by atoms with E-state index in [4.69, 9.17) is 5.73 Å².